The molecule has 3 N–H and O–H groups in total. The summed E-state index contributed by atoms with van der Waals surface area (Å²) in [4.78, 5) is 53.2. The Kier molecular flexibility index (Phi) is 10.6. The molecule has 0 unspecified atom stereocenters. The van der Waals surface area contributed by atoms with Crippen molar-refractivity contribution in [3.63, 3.8) is 0 Å². The van der Waals surface area contributed by atoms with E-state index in [1.165, 1.54) is 43.9 Å². The zero-order valence-corrected chi connectivity index (χ0v) is 30.5. The number of aryl methyl sites for hydroxylation is 1. The van der Waals surface area contributed by atoms with Crippen LogP contribution in [0.15, 0.2) is 39.7 Å². The lowest BCUT2D eigenvalue weighted by molar-refractivity contribution is -0.147. The zero-order valence-electron chi connectivity index (χ0n) is 28.9. The number of ether oxygens (including phenoxy) is 3. The van der Waals surface area contributed by atoms with Crippen LogP contribution in [0.1, 0.15) is 77.0 Å². The second kappa shape index (κ2) is 14.8. The van der Waals surface area contributed by atoms with E-state index >= 15 is 0 Å². The van der Waals surface area contributed by atoms with Gasteiger partial charge in [-0.25, -0.2) is 9.59 Å². The van der Waals surface area contributed by atoms with Crippen LogP contribution in [0, 0.1) is 23.7 Å². The van der Waals surface area contributed by atoms with Crippen molar-refractivity contribution in [2.24, 2.45) is 29.4 Å². The molecule has 5 fully saturated rings. The molecule has 1 aromatic carbocycles. The molecule has 1 aliphatic heterocycles. The van der Waals surface area contributed by atoms with Crippen molar-refractivity contribution in [3.05, 3.63) is 46.6 Å². The quantitative estimate of drug-likeness (QED) is 0.112. The first-order chi connectivity index (χ1) is 23.8. The molecule has 5 aliphatic rings. The Morgan fingerprint density at radius 3 is 2.46 bits per heavy atom. The maximum Gasteiger partial charge on any atom is 0.408 e. The molecule has 11 nitrogen and oxygen atoms in total. The number of nitrogens with one attached hydrogen (secondary N) is 1. The van der Waals surface area contributed by atoms with E-state index in [9.17, 15) is 19.2 Å². The van der Waals surface area contributed by atoms with E-state index in [1.54, 1.807) is 34.0 Å². The van der Waals surface area contributed by atoms with Gasteiger partial charge in [0, 0.05) is 17.7 Å². The number of benzene rings is 1. The highest BCUT2D eigenvalue weighted by Gasteiger charge is 2.53. The smallest absolute Gasteiger partial charge is 0.408 e. The van der Waals surface area contributed by atoms with Crippen LogP contribution in [-0.2, 0) is 30.3 Å². The zero-order chi connectivity index (χ0) is 35.7. The van der Waals surface area contributed by atoms with Crippen LogP contribution in [0.2, 0.25) is 0 Å². The minimum absolute atomic E-state index is 0.00221. The first-order valence-corrected chi connectivity index (χ1v) is 18.5. The third-order valence-corrected chi connectivity index (χ3v) is 11.3. The Labute approximate surface area is 302 Å². The second-order valence-electron chi connectivity index (χ2n) is 14.8. The largest absolute Gasteiger partial charge is 0.497 e. The third kappa shape index (κ3) is 8.20. The van der Waals surface area contributed by atoms with Crippen molar-refractivity contribution >= 4 is 58.3 Å². The van der Waals surface area contributed by atoms with Crippen molar-refractivity contribution in [3.8, 4) is 17.1 Å². The molecule has 1 aromatic heterocycles. The number of carbonyl (C=O) groups is 4. The molecule has 2 aromatic rings. The van der Waals surface area contributed by atoms with Gasteiger partial charge in [0.05, 0.1) is 25.0 Å². The number of furan rings is 1. The van der Waals surface area contributed by atoms with Crippen LogP contribution in [0.3, 0.4) is 0 Å². The fourth-order valence-corrected chi connectivity index (χ4v) is 9.55. The number of thiocarbonyl (C=S) groups is 1. The van der Waals surface area contributed by atoms with Gasteiger partial charge in [-0.05, 0) is 113 Å². The predicted octanol–water partition coefficient (Wildman–Crippen LogP) is 6.23. The number of nitrogens with zero attached hydrogens (tertiary/aromatic N) is 1. The summed E-state index contributed by atoms with van der Waals surface area (Å²) < 4.78 is 23.1. The standard InChI is InChI=1S/C37H45N3O8S2/c1-37(2,3)48-35(44)39-27(18-31(38)41)34(43)46-10-6-8-23-17-28(22-7-5-9-26(16-22)45-4)47-29(23)19-30-33(42)40(36(49)50-30)32-24-12-20-11-21(14-24)15-25(32)13-20/h5,7,9,16-17,19-21,24-25,27,32H,6,8,10-15,18H2,1-4H3,(H2,38,41)(H,39,44)/b30-19-/t20?,21?,24?,25?,27-,32?/m1/s1. The highest BCUT2D eigenvalue weighted by atomic mass is 32.2. The molecule has 50 heavy (non-hydrogen) atoms. The van der Waals surface area contributed by atoms with Crippen LogP contribution in [0.5, 0.6) is 5.75 Å². The van der Waals surface area contributed by atoms with Crippen molar-refractivity contribution in [1.29, 1.82) is 0 Å². The highest BCUT2D eigenvalue weighted by molar-refractivity contribution is 8.26. The Morgan fingerprint density at radius 1 is 1.12 bits per heavy atom. The number of thioether (sulfide) groups is 1. The average Bonchev–Trinajstić information content (AvgIpc) is 3.56. The molecule has 1 saturated heterocycles. The van der Waals surface area contributed by atoms with Crippen molar-refractivity contribution in [2.75, 3.05) is 13.7 Å². The van der Waals surface area contributed by atoms with E-state index in [1.807, 2.05) is 35.2 Å². The number of hydrogen-bond acceptors (Lipinski definition) is 10. The number of methoxy groups -OCH3 is 1. The van der Waals surface area contributed by atoms with Gasteiger partial charge >= 0.3 is 12.1 Å². The van der Waals surface area contributed by atoms with Crippen molar-refractivity contribution in [1.82, 2.24) is 10.2 Å². The summed E-state index contributed by atoms with van der Waals surface area (Å²) in [5, 5.41) is 2.38. The SMILES string of the molecule is COc1cccc(-c2cc(CCCOC(=O)[C@@H](CC(N)=O)NC(=O)OC(C)(C)C)c(/C=C3\SC(=S)N(C4C5CC6CC(C5)CC4C6)C3=O)o2)c1. The second-order valence-corrected chi connectivity index (χ2v) is 16.5. The highest BCUT2D eigenvalue weighted by Crippen LogP contribution is 2.56. The average molecular weight is 724 g/mol. The van der Waals surface area contributed by atoms with Crippen molar-refractivity contribution < 1.29 is 37.8 Å². The molecule has 13 heteroatoms. The molecule has 2 heterocycles. The summed E-state index contributed by atoms with van der Waals surface area (Å²) in [6.45, 7) is 5.05. The summed E-state index contributed by atoms with van der Waals surface area (Å²) in [6.07, 6.45) is 7.42. The van der Waals surface area contributed by atoms with Crippen LogP contribution in [-0.4, -0.2) is 64.5 Å². The summed E-state index contributed by atoms with van der Waals surface area (Å²) in [5.74, 6) is 2.77. The first kappa shape index (κ1) is 36.0. The van der Waals surface area contributed by atoms with Crippen molar-refractivity contribution in [2.45, 2.75) is 89.8 Å². The summed E-state index contributed by atoms with van der Waals surface area (Å²) in [7, 11) is 1.60. The number of carbonyl (C=O) groups excluding carboxylic acids is 4. The van der Waals surface area contributed by atoms with Gasteiger partial charge in [-0.2, -0.15) is 0 Å². The van der Waals surface area contributed by atoms with Gasteiger partial charge in [0.25, 0.3) is 5.91 Å². The van der Waals surface area contributed by atoms with Crippen LogP contribution < -0.4 is 15.8 Å². The van der Waals surface area contributed by atoms with E-state index in [0.717, 1.165) is 23.0 Å². The predicted molar refractivity (Wildman–Crippen MR) is 193 cm³/mol. The molecule has 4 bridgehead atoms. The molecule has 3 amide bonds. The minimum atomic E-state index is -1.29. The van der Waals surface area contributed by atoms with Crippen LogP contribution in [0.25, 0.3) is 17.4 Å². The Hall–Kier alpha value is -3.84. The van der Waals surface area contributed by atoms with E-state index in [4.69, 9.17) is 36.6 Å². The molecular weight excluding hydrogens is 679 g/mol. The van der Waals surface area contributed by atoms with Gasteiger partial charge in [-0.1, -0.05) is 36.1 Å². The first-order valence-electron chi connectivity index (χ1n) is 17.3. The fraction of sp³-hybridized carbons (Fsp3) is 0.541. The Morgan fingerprint density at radius 2 is 1.82 bits per heavy atom. The molecule has 0 radical (unpaired) electrons. The topological polar surface area (TPSA) is 150 Å². The number of primary amides is 1. The van der Waals surface area contributed by atoms with Gasteiger partial charge in [-0.3, -0.25) is 14.5 Å². The van der Waals surface area contributed by atoms with Crippen LogP contribution >= 0.6 is 24.0 Å². The molecule has 4 saturated carbocycles. The fourth-order valence-electron chi connectivity index (χ4n) is 8.23. The number of nitrogens with two attached hydrogens (primary N) is 1. The molecule has 0 spiro atoms. The Bertz CT molecular complexity index is 1670. The van der Waals surface area contributed by atoms with E-state index in [0.29, 0.717) is 51.2 Å². The number of rotatable bonds is 12. The van der Waals surface area contributed by atoms with Crippen LogP contribution in [0.4, 0.5) is 4.79 Å². The molecular formula is C37H45N3O8S2. The molecule has 1 atom stereocenters. The lowest BCUT2D eigenvalue weighted by Gasteiger charge is -2.56. The van der Waals surface area contributed by atoms with Gasteiger partial charge in [0.2, 0.25) is 5.91 Å². The van der Waals surface area contributed by atoms with Gasteiger partial charge < -0.3 is 29.7 Å². The van der Waals surface area contributed by atoms with E-state index in [-0.39, 0.29) is 18.6 Å². The molecule has 7 rings (SSSR count). The number of amides is 3. The summed E-state index contributed by atoms with van der Waals surface area (Å²) >= 11 is 7.16. The Balaban J connectivity index is 1.17. The maximum atomic E-state index is 14.0. The number of esters is 1. The molecule has 4 aliphatic carbocycles. The monoisotopic (exact) mass is 723 g/mol. The lowest BCUT2D eigenvalue weighted by Crippen LogP contribution is -2.57. The van der Waals surface area contributed by atoms with Gasteiger partial charge in [0.1, 0.15) is 33.2 Å². The maximum absolute atomic E-state index is 14.0. The van der Waals surface area contributed by atoms with Gasteiger partial charge in [-0.15, -0.1) is 0 Å². The number of hydrogen-bond donors (Lipinski definition) is 2. The minimum Gasteiger partial charge on any atom is -0.497 e. The normalized spacial score (nSPS) is 25.6. The summed E-state index contributed by atoms with van der Waals surface area (Å²) in [6, 6.07) is 8.31. The number of alkyl carbamates (subject to hydrolysis) is 1. The van der Waals surface area contributed by atoms with E-state index < -0.39 is 36.0 Å². The third-order valence-electron chi connectivity index (χ3n) is 9.97. The molecule has 268 valence electrons. The lowest BCUT2D eigenvalue weighted by atomic mass is 9.54. The van der Waals surface area contributed by atoms with E-state index in [2.05, 4.69) is 5.32 Å². The summed E-state index contributed by atoms with van der Waals surface area (Å²) in [5.41, 5.74) is 6.14. The van der Waals surface area contributed by atoms with Gasteiger partial charge in [0.15, 0.2) is 0 Å².